The van der Waals surface area contributed by atoms with Crippen molar-refractivity contribution in [2.24, 2.45) is 0 Å². The van der Waals surface area contributed by atoms with E-state index >= 15 is 0 Å². The van der Waals surface area contributed by atoms with E-state index in [1.54, 1.807) is 42.5 Å². The minimum absolute atomic E-state index is 0.0105. The van der Waals surface area contributed by atoms with E-state index in [1.165, 1.54) is 16.3 Å². The number of likely N-dealkylation sites (N-methyl/N-ethyl adjacent to an activating group) is 1. The van der Waals surface area contributed by atoms with E-state index in [-0.39, 0.29) is 37.7 Å². The summed E-state index contributed by atoms with van der Waals surface area (Å²) in [6, 6.07) is 20.4. The molecule has 220 valence electrons. The Bertz CT molecular complexity index is 1420. The van der Waals surface area contributed by atoms with E-state index in [1.807, 2.05) is 37.3 Å². The molecular formula is C30H35Cl2N3O5S. The monoisotopic (exact) mass is 619 g/mol. The van der Waals surface area contributed by atoms with Gasteiger partial charge >= 0.3 is 0 Å². The summed E-state index contributed by atoms with van der Waals surface area (Å²) in [5, 5.41) is 3.51. The Morgan fingerprint density at radius 3 is 2.27 bits per heavy atom. The van der Waals surface area contributed by atoms with Crippen LogP contribution in [0.25, 0.3) is 0 Å². The van der Waals surface area contributed by atoms with Crippen LogP contribution in [-0.4, -0.2) is 57.6 Å². The number of carbonyl (C=O) groups excluding carboxylic acids is 2. The molecule has 3 rings (SSSR count). The first-order valence-electron chi connectivity index (χ1n) is 13.2. The number of rotatable bonds is 14. The fourth-order valence-corrected chi connectivity index (χ4v) is 5.87. The Labute approximate surface area is 252 Å². The molecule has 1 N–H and O–H groups in total. The van der Waals surface area contributed by atoms with Gasteiger partial charge in [0.2, 0.25) is 21.8 Å². The third kappa shape index (κ3) is 9.38. The minimum atomic E-state index is -3.62. The van der Waals surface area contributed by atoms with E-state index in [4.69, 9.17) is 27.9 Å². The van der Waals surface area contributed by atoms with Gasteiger partial charge in [-0.05, 0) is 60.9 Å². The lowest BCUT2D eigenvalue weighted by atomic mass is 10.0. The number of carbonyl (C=O) groups is 2. The highest BCUT2D eigenvalue weighted by Gasteiger charge is 2.30. The molecular weight excluding hydrogens is 585 g/mol. The van der Waals surface area contributed by atoms with Crippen molar-refractivity contribution in [3.8, 4) is 5.75 Å². The van der Waals surface area contributed by atoms with Crippen molar-refractivity contribution in [2.75, 3.05) is 30.8 Å². The molecule has 8 nitrogen and oxygen atoms in total. The van der Waals surface area contributed by atoms with Crippen molar-refractivity contribution in [1.29, 1.82) is 0 Å². The summed E-state index contributed by atoms with van der Waals surface area (Å²) in [5.74, 6) is 0.00942. The summed E-state index contributed by atoms with van der Waals surface area (Å²) in [7, 11) is -2.09. The highest BCUT2D eigenvalue weighted by Crippen LogP contribution is 2.26. The molecule has 0 fully saturated rings. The van der Waals surface area contributed by atoms with Crippen LogP contribution in [0.1, 0.15) is 30.9 Å². The Kier molecular flexibility index (Phi) is 11.9. The van der Waals surface area contributed by atoms with Gasteiger partial charge in [0.25, 0.3) is 0 Å². The highest BCUT2D eigenvalue weighted by atomic mass is 35.5. The van der Waals surface area contributed by atoms with Gasteiger partial charge in [-0.1, -0.05) is 59.6 Å². The second-order valence-electron chi connectivity index (χ2n) is 9.44. The average molecular weight is 621 g/mol. The summed E-state index contributed by atoms with van der Waals surface area (Å²) in [5.41, 5.74) is 2.00. The van der Waals surface area contributed by atoms with Gasteiger partial charge in [-0.2, -0.15) is 0 Å². The van der Waals surface area contributed by atoms with Crippen molar-refractivity contribution in [1.82, 2.24) is 10.2 Å². The van der Waals surface area contributed by atoms with Crippen LogP contribution in [0, 0.1) is 0 Å². The molecule has 1 atom stereocenters. The van der Waals surface area contributed by atoms with E-state index in [2.05, 4.69) is 5.32 Å². The van der Waals surface area contributed by atoms with Crippen LogP contribution in [0.4, 0.5) is 5.69 Å². The number of anilines is 1. The van der Waals surface area contributed by atoms with Gasteiger partial charge in [-0.15, -0.1) is 0 Å². The quantitative estimate of drug-likeness (QED) is 0.263. The summed E-state index contributed by atoms with van der Waals surface area (Å²) < 4.78 is 32.0. The Balaban J connectivity index is 1.85. The Morgan fingerprint density at radius 2 is 1.68 bits per heavy atom. The standard InChI is InChI=1S/C30H35Cl2N3O5S/c1-4-40-26-16-14-25(15-17-26)35(41(3,38)39)18-8-11-29(36)34(21-23-12-13-24(31)20-27(23)32)28(30(37)33-2)19-22-9-6-5-7-10-22/h5-7,9-10,12-17,20,28H,4,8,11,18-19,21H2,1-3H3,(H,33,37)/t28-/m1/s1. The lowest BCUT2D eigenvalue weighted by molar-refractivity contribution is -0.141. The fourth-order valence-electron chi connectivity index (χ4n) is 4.43. The predicted octanol–water partition coefficient (Wildman–Crippen LogP) is 5.32. The lowest BCUT2D eigenvalue weighted by Crippen LogP contribution is -2.49. The van der Waals surface area contributed by atoms with Gasteiger partial charge in [-0.3, -0.25) is 13.9 Å². The molecule has 3 aromatic rings. The van der Waals surface area contributed by atoms with Crippen LogP contribution in [0.5, 0.6) is 5.75 Å². The van der Waals surface area contributed by atoms with Crippen LogP contribution < -0.4 is 14.4 Å². The number of ether oxygens (including phenoxy) is 1. The average Bonchev–Trinajstić information content (AvgIpc) is 2.94. The summed E-state index contributed by atoms with van der Waals surface area (Å²) in [6.45, 7) is 2.52. The number of nitrogens with zero attached hydrogens (tertiary/aromatic N) is 2. The van der Waals surface area contributed by atoms with Gasteiger partial charge in [0.15, 0.2) is 0 Å². The maximum absolute atomic E-state index is 13.8. The number of hydrogen-bond donors (Lipinski definition) is 1. The van der Waals surface area contributed by atoms with E-state index < -0.39 is 16.1 Å². The Hall–Kier alpha value is -3.27. The molecule has 0 heterocycles. The van der Waals surface area contributed by atoms with Crippen molar-refractivity contribution >= 4 is 50.7 Å². The molecule has 0 aliphatic heterocycles. The van der Waals surface area contributed by atoms with Crippen LogP contribution in [0.15, 0.2) is 72.8 Å². The first-order chi connectivity index (χ1) is 19.5. The van der Waals surface area contributed by atoms with Crippen LogP contribution in [-0.2, 0) is 32.6 Å². The zero-order chi connectivity index (χ0) is 30.0. The van der Waals surface area contributed by atoms with Gasteiger partial charge < -0.3 is 15.0 Å². The number of benzene rings is 3. The van der Waals surface area contributed by atoms with Gasteiger partial charge in [0.05, 0.1) is 18.6 Å². The van der Waals surface area contributed by atoms with E-state index in [0.29, 0.717) is 40.1 Å². The number of hydrogen-bond acceptors (Lipinski definition) is 5. The lowest BCUT2D eigenvalue weighted by Gasteiger charge is -2.32. The summed E-state index contributed by atoms with van der Waals surface area (Å²) >= 11 is 12.5. The van der Waals surface area contributed by atoms with E-state index in [0.717, 1.165) is 11.8 Å². The van der Waals surface area contributed by atoms with Crippen LogP contribution >= 0.6 is 23.2 Å². The fraction of sp³-hybridized carbons (Fsp3) is 0.333. The van der Waals surface area contributed by atoms with Gasteiger partial charge in [0, 0.05) is 43.0 Å². The maximum atomic E-state index is 13.8. The topological polar surface area (TPSA) is 96.0 Å². The van der Waals surface area contributed by atoms with E-state index in [9.17, 15) is 18.0 Å². The second kappa shape index (κ2) is 15.1. The Morgan fingerprint density at radius 1 is 1.00 bits per heavy atom. The smallest absolute Gasteiger partial charge is 0.242 e. The highest BCUT2D eigenvalue weighted by molar-refractivity contribution is 7.92. The zero-order valence-corrected chi connectivity index (χ0v) is 25.7. The van der Waals surface area contributed by atoms with Crippen molar-refractivity contribution < 1.29 is 22.7 Å². The molecule has 3 aromatic carbocycles. The third-order valence-electron chi connectivity index (χ3n) is 6.46. The summed E-state index contributed by atoms with van der Waals surface area (Å²) in [4.78, 5) is 28.4. The molecule has 0 spiro atoms. The number of halogens is 2. The molecule has 0 unspecified atom stereocenters. The first kappa shape index (κ1) is 32.2. The maximum Gasteiger partial charge on any atom is 0.242 e. The molecule has 2 amide bonds. The SMILES string of the molecule is CCOc1ccc(N(CCCC(=O)N(Cc2ccc(Cl)cc2Cl)[C@H](Cc2ccccc2)C(=O)NC)S(C)(=O)=O)cc1. The first-order valence-corrected chi connectivity index (χ1v) is 15.8. The summed E-state index contributed by atoms with van der Waals surface area (Å²) in [6.07, 6.45) is 1.66. The van der Waals surface area contributed by atoms with Gasteiger partial charge in [-0.25, -0.2) is 8.42 Å². The molecule has 11 heteroatoms. The normalized spacial score (nSPS) is 11.9. The number of sulfonamides is 1. The molecule has 0 aliphatic carbocycles. The van der Waals surface area contributed by atoms with Crippen molar-refractivity contribution in [3.05, 3.63) is 94.0 Å². The minimum Gasteiger partial charge on any atom is -0.494 e. The predicted molar refractivity (Wildman–Crippen MR) is 164 cm³/mol. The molecule has 41 heavy (non-hydrogen) atoms. The molecule has 0 saturated carbocycles. The molecule has 0 saturated heterocycles. The van der Waals surface area contributed by atoms with Gasteiger partial charge in [0.1, 0.15) is 11.8 Å². The van der Waals surface area contributed by atoms with Crippen molar-refractivity contribution in [3.63, 3.8) is 0 Å². The van der Waals surface area contributed by atoms with Crippen molar-refractivity contribution in [2.45, 2.75) is 38.8 Å². The molecule has 0 aliphatic rings. The molecule has 0 radical (unpaired) electrons. The van der Waals surface area contributed by atoms with Crippen LogP contribution in [0.3, 0.4) is 0 Å². The number of nitrogens with one attached hydrogen (secondary N) is 1. The third-order valence-corrected chi connectivity index (χ3v) is 8.24. The second-order valence-corrected chi connectivity index (χ2v) is 12.2. The zero-order valence-electron chi connectivity index (χ0n) is 23.3. The molecule has 0 aromatic heterocycles. The largest absolute Gasteiger partial charge is 0.494 e. The van der Waals surface area contributed by atoms with Crippen LogP contribution in [0.2, 0.25) is 10.0 Å². The number of amides is 2. The molecule has 0 bridgehead atoms.